The Morgan fingerprint density at radius 3 is 2.59 bits per heavy atom. The summed E-state index contributed by atoms with van der Waals surface area (Å²) in [4.78, 5) is 17.1. The summed E-state index contributed by atoms with van der Waals surface area (Å²) in [6.07, 6.45) is 3.35. The number of halogens is 2. The van der Waals surface area contributed by atoms with Gasteiger partial charge in [-0.25, -0.2) is 8.78 Å². The number of rotatable bonds is 3. The van der Waals surface area contributed by atoms with E-state index >= 15 is 0 Å². The van der Waals surface area contributed by atoms with Crippen molar-refractivity contribution in [3.63, 3.8) is 0 Å². The number of carbonyl (C=O) groups excluding carboxylic acids is 1. The summed E-state index contributed by atoms with van der Waals surface area (Å²) in [5, 5.41) is 0. The van der Waals surface area contributed by atoms with Gasteiger partial charge in [0, 0.05) is 31.2 Å². The van der Waals surface area contributed by atoms with Gasteiger partial charge in [-0.15, -0.1) is 0 Å². The van der Waals surface area contributed by atoms with Crippen LogP contribution in [0.1, 0.15) is 35.2 Å². The Labute approximate surface area is 158 Å². The molecule has 2 aromatic carbocycles. The fraction of sp³-hybridized carbons (Fsp3) is 0.409. The van der Waals surface area contributed by atoms with Crippen molar-refractivity contribution in [2.45, 2.75) is 31.8 Å². The molecule has 0 aliphatic carbocycles. The molecule has 142 valence electrons. The van der Waals surface area contributed by atoms with Crippen LogP contribution in [0.15, 0.2) is 48.5 Å². The van der Waals surface area contributed by atoms with Crippen molar-refractivity contribution in [2.24, 2.45) is 5.92 Å². The van der Waals surface area contributed by atoms with E-state index in [0.717, 1.165) is 43.5 Å². The number of likely N-dealkylation sites (tertiary alicyclic amines) is 2. The molecule has 2 atom stereocenters. The number of amides is 1. The molecule has 2 saturated heterocycles. The Morgan fingerprint density at radius 2 is 1.81 bits per heavy atom. The van der Waals surface area contributed by atoms with Gasteiger partial charge in [-0.2, -0.15) is 0 Å². The van der Waals surface area contributed by atoms with Gasteiger partial charge < -0.3 is 4.90 Å². The molecule has 2 heterocycles. The van der Waals surface area contributed by atoms with Crippen LogP contribution in [0, 0.1) is 17.6 Å². The van der Waals surface area contributed by atoms with Crippen molar-refractivity contribution in [3.8, 4) is 0 Å². The van der Waals surface area contributed by atoms with E-state index < -0.39 is 11.6 Å². The van der Waals surface area contributed by atoms with E-state index in [9.17, 15) is 13.6 Å². The first kappa shape index (κ1) is 18.1. The first-order chi connectivity index (χ1) is 13.1. The third kappa shape index (κ3) is 3.88. The van der Waals surface area contributed by atoms with Gasteiger partial charge in [0.25, 0.3) is 5.91 Å². The Hall–Kier alpha value is -2.27. The Balaban J connectivity index is 1.50. The van der Waals surface area contributed by atoms with Crippen molar-refractivity contribution >= 4 is 5.91 Å². The highest BCUT2D eigenvalue weighted by molar-refractivity contribution is 5.94. The van der Waals surface area contributed by atoms with E-state index in [0.29, 0.717) is 19.0 Å². The quantitative estimate of drug-likeness (QED) is 0.812. The average molecular weight is 370 g/mol. The van der Waals surface area contributed by atoms with E-state index in [-0.39, 0.29) is 11.9 Å². The molecule has 0 bridgehead atoms. The lowest BCUT2D eigenvalue weighted by Gasteiger charge is -2.30. The third-order valence-electron chi connectivity index (χ3n) is 5.82. The van der Waals surface area contributed by atoms with Crippen LogP contribution in [0.5, 0.6) is 0 Å². The molecule has 4 rings (SSSR count). The van der Waals surface area contributed by atoms with Gasteiger partial charge in [0.05, 0.1) is 0 Å². The van der Waals surface area contributed by atoms with Crippen LogP contribution in [-0.4, -0.2) is 41.4 Å². The average Bonchev–Trinajstić information content (AvgIpc) is 3.02. The Kier molecular flexibility index (Phi) is 5.21. The molecule has 0 spiro atoms. The van der Waals surface area contributed by atoms with Crippen LogP contribution >= 0.6 is 0 Å². The lowest BCUT2D eigenvalue weighted by atomic mass is 9.98. The zero-order chi connectivity index (χ0) is 18.8. The molecular formula is C22H24F2N2O. The standard InChI is InChI=1S/C22H24F2N2O/c23-19-10-9-16(12-20(19)24)13-25-11-5-4-8-18-14-26(15-21(18)25)22(27)17-6-2-1-3-7-17/h1-3,6-7,9-10,12,18,21H,4-5,8,11,13-15H2/t18-,21+/m0/s1. The fourth-order valence-corrected chi connectivity index (χ4v) is 4.44. The Morgan fingerprint density at radius 1 is 1.00 bits per heavy atom. The smallest absolute Gasteiger partial charge is 0.253 e. The maximum Gasteiger partial charge on any atom is 0.253 e. The summed E-state index contributed by atoms with van der Waals surface area (Å²) in [6, 6.07) is 13.8. The van der Waals surface area contributed by atoms with Gasteiger partial charge in [-0.05, 0) is 55.1 Å². The van der Waals surface area contributed by atoms with Crippen LogP contribution in [0.25, 0.3) is 0 Å². The minimum atomic E-state index is -0.812. The maximum absolute atomic E-state index is 13.6. The first-order valence-corrected chi connectivity index (χ1v) is 9.64. The second kappa shape index (κ2) is 7.77. The molecule has 0 saturated carbocycles. The zero-order valence-electron chi connectivity index (χ0n) is 15.3. The van der Waals surface area contributed by atoms with E-state index in [1.54, 1.807) is 6.07 Å². The summed E-state index contributed by atoms with van der Waals surface area (Å²) < 4.78 is 26.8. The minimum absolute atomic E-state index is 0.0800. The summed E-state index contributed by atoms with van der Waals surface area (Å²) in [5.41, 5.74) is 1.50. The van der Waals surface area contributed by atoms with Crippen LogP contribution in [-0.2, 0) is 6.54 Å². The fourth-order valence-electron chi connectivity index (χ4n) is 4.44. The normalized spacial score (nSPS) is 23.1. The lowest BCUT2D eigenvalue weighted by Crippen LogP contribution is -2.40. The molecular weight excluding hydrogens is 346 g/mol. The topological polar surface area (TPSA) is 23.6 Å². The highest BCUT2D eigenvalue weighted by Gasteiger charge is 2.39. The number of hydrogen-bond acceptors (Lipinski definition) is 2. The predicted octanol–water partition coefficient (Wildman–Crippen LogP) is 4.09. The van der Waals surface area contributed by atoms with Gasteiger partial charge >= 0.3 is 0 Å². The predicted molar refractivity (Wildman–Crippen MR) is 100 cm³/mol. The molecule has 0 N–H and O–H groups in total. The number of nitrogens with zero attached hydrogens (tertiary/aromatic N) is 2. The van der Waals surface area contributed by atoms with Crippen LogP contribution in [0.4, 0.5) is 8.78 Å². The second-order valence-corrected chi connectivity index (χ2v) is 7.62. The molecule has 2 aliphatic heterocycles. The van der Waals surface area contributed by atoms with E-state index in [1.807, 2.05) is 35.2 Å². The minimum Gasteiger partial charge on any atom is -0.337 e. The molecule has 2 fully saturated rings. The Bertz CT molecular complexity index is 811. The van der Waals surface area contributed by atoms with Crippen LogP contribution in [0.3, 0.4) is 0 Å². The van der Waals surface area contributed by atoms with Gasteiger partial charge in [0.15, 0.2) is 11.6 Å². The number of carbonyl (C=O) groups is 1. The molecule has 0 unspecified atom stereocenters. The molecule has 1 amide bonds. The van der Waals surface area contributed by atoms with Gasteiger partial charge in [0.2, 0.25) is 0 Å². The number of benzene rings is 2. The maximum atomic E-state index is 13.6. The summed E-state index contributed by atoms with van der Waals surface area (Å²) in [6.45, 7) is 2.98. The number of fused-ring (bicyclic) bond motifs is 1. The van der Waals surface area contributed by atoms with Crippen LogP contribution < -0.4 is 0 Å². The lowest BCUT2D eigenvalue weighted by molar-refractivity contribution is 0.0773. The third-order valence-corrected chi connectivity index (χ3v) is 5.82. The van der Waals surface area contributed by atoms with Crippen molar-refractivity contribution in [2.75, 3.05) is 19.6 Å². The largest absolute Gasteiger partial charge is 0.337 e. The zero-order valence-corrected chi connectivity index (χ0v) is 15.3. The molecule has 0 radical (unpaired) electrons. The molecule has 27 heavy (non-hydrogen) atoms. The molecule has 0 aromatic heterocycles. The van der Waals surface area contributed by atoms with Gasteiger partial charge in [-0.1, -0.05) is 30.7 Å². The highest BCUT2D eigenvalue weighted by atomic mass is 19.2. The SMILES string of the molecule is O=C(c1ccccc1)N1C[C@@H]2CCCCN(Cc3ccc(F)c(F)c3)[C@@H]2C1. The van der Waals surface area contributed by atoms with Crippen molar-refractivity contribution < 1.29 is 13.6 Å². The van der Waals surface area contributed by atoms with Crippen molar-refractivity contribution in [3.05, 3.63) is 71.3 Å². The molecule has 2 aliphatic rings. The van der Waals surface area contributed by atoms with Gasteiger partial charge in [-0.3, -0.25) is 9.69 Å². The monoisotopic (exact) mass is 370 g/mol. The van der Waals surface area contributed by atoms with E-state index in [4.69, 9.17) is 0 Å². The van der Waals surface area contributed by atoms with Crippen molar-refractivity contribution in [1.82, 2.24) is 9.80 Å². The van der Waals surface area contributed by atoms with Gasteiger partial charge in [0.1, 0.15) is 0 Å². The number of hydrogen-bond donors (Lipinski definition) is 0. The van der Waals surface area contributed by atoms with E-state index in [1.165, 1.54) is 12.1 Å². The highest BCUT2D eigenvalue weighted by Crippen LogP contribution is 2.32. The summed E-state index contributed by atoms with van der Waals surface area (Å²) in [5.74, 6) is -1.10. The van der Waals surface area contributed by atoms with Crippen molar-refractivity contribution in [1.29, 1.82) is 0 Å². The molecule has 3 nitrogen and oxygen atoms in total. The molecule has 5 heteroatoms. The molecule has 2 aromatic rings. The first-order valence-electron chi connectivity index (χ1n) is 9.64. The van der Waals surface area contributed by atoms with Crippen LogP contribution in [0.2, 0.25) is 0 Å². The van der Waals surface area contributed by atoms with E-state index in [2.05, 4.69) is 4.90 Å². The summed E-state index contributed by atoms with van der Waals surface area (Å²) >= 11 is 0. The summed E-state index contributed by atoms with van der Waals surface area (Å²) in [7, 11) is 0. The second-order valence-electron chi connectivity index (χ2n) is 7.62.